The summed E-state index contributed by atoms with van der Waals surface area (Å²) < 4.78 is 21.4. The quantitative estimate of drug-likeness (QED) is 0.479. The molecule has 0 unspecified atom stereocenters. The molecule has 0 aliphatic carbocycles. The van der Waals surface area contributed by atoms with Crippen molar-refractivity contribution >= 4 is 27.8 Å². The number of fused-ring (bicyclic) bond motifs is 2. The zero-order chi connectivity index (χ0) is 21.4. The van der Waals surface area contributed by atoms with Crippen LogP contribution in [-0.2, 0) is 11.3 Å². The van der Waals surface area contributed by atoms with Crippen LogP contribution in [0, 0.1) is 5.82 Å². The first-order valence-corrected chi connectivity index (χ1v) is 10.3. The second-order valence-electron chi connectivity index (χ2n) is 7.72. The Labute approximate surface area is 177 Å². The lowest BCUT2D eigenvalue weighted by atomic mass is 10.1. The minimum atomic E-state index is -0.565. The third kappa shape index (κ3) is 3.77. The number of benzene rings is 1. The summed E-state index contributed by atoms with van der Waals surface area (Å²) in [6, 6.07) is 6.38. The first kappa shape index (κ1) is 19.7. The molecule has 4 heterocycles. The van der Waals surface area contributed by atoms with E-state index in [1.54, 1.807) is 6.20 Å². The van der Waals surface area contributed by atoms with E-state index in [0.717, 1.165) is 56.8 Å². The molecule has 31 heavy (non-hydrogen) atoms. The molecule has 1 aromatic carbocycles. The van der Waals surface area contributed by atoms with Crippen molar-refractivity contribution < 1.29 is 9.13 Å². The van der Waals surface area contributed by atoms with E-state index in [-0.39, 0.29) is 16.9 Å². The standard InChI is InChI=1S/C22H23FN6O2/c23-16-11-18-19(12-17(16)24)27-22(30)20(26-18)15-13-29(21-14(15)3-1-4-25-21)6-2-5-28-7-9-31-10-8-28/h1,3-4,11-13H,2,5-10,24H2,(H,27,30). The first-order valence-electron chi connectivity index (χ1n) is 10.3. The van der Waals surface area contributed by atoms with Crippen LogP contribution < -0.4 is 11.3 Å². The molecule has 0 bridgehead atoms. The number of pyridine rings is 1. The van der Waals surface area contributed by atoms with Gasteiger partial charge < -0.3 is 20.0 Å². The Kier molecular flexibility index (Phi) is 5.13. The topological polar surface area (TPSA) is 102 Å². The van der Waals surface area contributed by atoms with Crippen LogP contribution in [0.1, 0.15) is 6.42 Å². The van der Waals surface area contributed by atoms with Gasteiger partial charge in [-0.25, -0.2) is 14.4 Å². The molecule has 0 radical (unpaired) electrons. The van der Waals surface area contributed by atoms with Gasteiger partial charge in [0.25, 0.3) is 5.56 Å². The highest BCUT2D eigenvalue weighted by Crippen LogP contribution is 2.28. The van der Waals surface area contributed by atoms with Gasteiger partial charge in [-0.1, -0.05) is 0 Å². The minimum absolute atomic E-state index is 0.0289. The first-order chi connectivity index (χ1) is 15.1. The molecule has 3 N–H and O–H groups in total. The van der Waals surface area contributed by atoms with Crippen molar-refractivity contribution in [3.05, 3.63) is 52.8 Å². The van der Waals surface area contributed by atoms with Crippen LogP contribution in [0.2, 0.25) is 0 Å². The Morgan fingerprint density at radius 3 is 2.90 bits per heavy atom. The van der Waals surface area contributed by atoms with Crippen molar-refractivity contribution in [1.29, 1.82) is 0 Å². The molecule has 1 aliphatic rings. The van der Waals surface area contributed by atoms with Crippen molar-refractivity contribution in [2.75, 3.05) is 38.6 Å². The van der Waals surface area contributed by atoms with Gasteiger partial charge in [-0.2, -0.15) is 0 Å². The van der Waals surface area contributed by atoms with Crippen LogP contribution >= 0.6 is 0 Å². The summed E-state index contributed by atoms with van der Waals surface area (Å²) in [7, 11) is 0. The fourth-order valence-electron chi connectivity index (χ4n) is 4.08. The molecule has 160 valence electrons. The molecule has 9 heteroatoms. The maximum Gasteiger partial charge on any atom is 0.275 e. The highest BCUT2D eigenvalue weighted by Gasteiger charge is 2.17. The molecule has 3 aromatic heterocycles. The average Bonchev–Trinajstić information content (AvgIpc) is 3.14. The van der Waals surface area contributed by atoms with E-state index < -0.39 is 5.82 Å². The minimum Gasteiger partial charge on any atom is -0.396 e. The number of H-pyrrole nitrogens is 1. The van der Waals surface area contributed by atoms with Gasteiger partial charge in [0.05, 0.1) is 29.9 Å². The average molecular weight is 422 g/mol. The highest BCUT2D eigenvalue weighted by atomic mass is 19.1. The number of rotatable bonds is 5. The van der Waals surface area contributed by atoms with Crippen molar-refractivity contribution in [2.45, 2.75) is 13.0 Å². The molecular formula is C22H23FN6O2. The Morgan fingerprint density at radius 1 is 1.23 bits per heavy atom. The van der Waals surface area contributed by atoms with Crippen LogP contribution in [0.5, 0.6) is 0 Å². The van der Waals surface area contributed by atoms with Crippen LogP contribution in [0.25, 0.3) is 33.3 Å². The zero-order valence-electron chi connectivity index (χ0n) is 17.0. The number of anilines is 1. The Bertz CT molecular complexity index is 1310. The number of ether oxygens (including phenoxy) is 1. The lowest BCUT2D eigenvalue weighted by Gasteiger charge is -2.26. The van der Waals surface area contributed by atoms with E-state index in [9.17, 15) is 9.18 Å². The van der Waals surface area contributed by atoms with Crippen molar-refractivity contribution in [3.63, 3.8) is 0 Å². The molecule has 1 fully saturated rings. The monoisotopic (exact) mass is 422 g/mol. The lowest BCUT2D eigenvalue weighted by molar-refractivity contribution is 0.0369. The predicted molar refractivity (Wildman–Crippen MR) is 117 cm³/mol. The van der Waals surface area contributed by atoms with E-state index in [0.29, 0.717) is 16.6 Å². The summed E-state index contributed by atoms with van der Waals surface area (Å²) in [6.45, 7) is 5.20. The maximum absolute atomic E-state index is 14.0. The van der Waals surface area contributed by atoms with Crippen molar-refractivity contribution in [3.8, 4) is 11.3 Å². The molecule has 4 aromatic rings. The van der Waals surface area contributed by atoms with Gasteiger partial charge >= 0.3 is 0 Å². The molecule has 8 nitrogen and oxygen atoms in total. The maximum atomic E-state index is 14.0. The van der Waals surface area contributed by atoms with Gasteiger partial charge in [-0.05, 0) is 24.6 Å². The Hall–Kier alpha value is -3.30. The number of morpholine rings is 1. The third-order valence-electron chi connectivity index (χ3n) is 5.68. The van der Waals surface area contributed by atoms with Gasteiger partial charge in [0.15, 0.2) is 0 Å². The Morgan fingerprint density at radius 2 is 2.06 bits per heavy atom. The number of nitrogens with two attached hydrogens (primary N) is 1. The van der Waals surface area contributed by atoms with Crippen molar-refractivity contribution in [1.82, 2.24) is 24.4 Å². The second-order valence-corrected chi connectivity index (χ2v) is 7.72. The third-order valence-corrected chi connectivity index (χ3v) is 5.68. The highest BCUT2D eigenvalue weighted by molar-refractivity contribution is 5.94. The Balaban J connectivity index is 1.51. The molecule has 0 spiro atoms. The van der Waals surface area contributed by atoms with Gasteiger partial charge in [0, 0.05) is 55.6 Å². The van der Waals surface area contributed by atoms with Crippen LogP contribution in [0.3, 0.4) is 0 Å². The van der Waals surface area contributed by atoms with Gasteiger partial charge in [0.1, 0.15) is 17.2 Å². The van der Waals surface area contributed by atoms with E-state index in [1.165, 1.54) is 12.1 Å². The zero-order valence-corrected chi connectivity index (χ0v) is 17.0. The summed E-state index contributed by atoms with van der Waals surface area (Å²) in [5, 5.41) is 0.835. The number of nitrogens with zero attached hydrogens (tertiary/aromatic N) is 4. The van der Waals surface area contributed by atoms with Gasteiger partial charge in [0.2, 0.25) is 0 Å². The molecular weight excluding hydrogens is 399 g/mol. The van der Waals surface area contributed by atoms with Crippen LogP contribution in [-0.4, -0.2) is 57.3 Å². The largest absolute Gasteiger partial charge is 0.396 e. The fourth-order valence-corrected chi connectivity index (χ4v) is 4.08. The fraction of sp³-hybridized carbons (Fsp3) is 0.318. The molecule has 0 saturated carbocycles. The summed E-state index contributed by atoms with van der Waals surface area (Å²) in [4.78, 5) is 26.9. The summed E-state index contributed by atoms with van der Waals surface area (Å²) in [5.74, 6) is -0.565. The van der Waals surface area contributed by atoms with E-state index in [1.807, 2.05) is 18.3 Å². The van der Waals surface area contributed by atoms with E-state index >= 15 is 0 Å². The number of aryl methyl sites for hydroxylation is 1. The predicted octanol–water partition coefficient (Wildman–Crippen LogP) is 2.38. The summed E-state index contributed by atoms with van der Waals surface area (Å²) in [5.41, 5.74) is 7.69. The number of hydrogen-bond donors (Lipinski definition) is 2. The van der Waals surface area contributed by atoms with E-state index in [2.05, 4.69) is 24.4 Å². The number of nitrogen functional groups attached to an aromatic ring is 1. The number of halogens is 1. The number of aromatic amines is 1. The molecule has 5 rings (SSSR count). The van der Waals surface area contributed by atoms with Gasteiger partial charge in [-0.15, -0.1) is 0 Å². The molecule has 0 amide bonds. The van der Waals surface area contributed by atoms with Crippen LogP contribution in [0.4, 0.5) is 10.1 Å². The molecule has 1 aliphatic heterocycles. The number of hydrogen-bond acceptors (Lipinski definition) is 6. The molecule has 0 atom stereocenters. The normalized spacial score (nSPS) is 15.1. The smallest absolute Gasteiger partial charge is 0.275 e. The van der Waals surface area contributed by atoms with Gasteiger partial charge in [-0.3, -0.25) is 9.69 Å². The summed E-state index contributed by atoms with van der Waals surface area (Å²) in [6.07, 6.45) is 4.60. The van der Waals surface area contributed by atoms with E-state index in [4.69, 9.17) is 10.5 Å². The SMILES string of the molecule is Nc1cc2[nH]c(=O)c(-c3cn(CCCN4CCOCC4)c4ncccc34)nc2cc1F. The number of nitrogens with one attached hydrogen (secondary N) is 1. The summed E-state index contributed by atoms with van der Waals surface area (Å²) >= 11 is 0. The second kappa shape index (κ2) is 8.09. The molecule has 1 saturated heterocycles. The van der Waals surface area contributed by atoms with Crippen molar-refractivity contribution in [2.24, 2.45) is 0 Å². The van der Waals surface area contributed by atoms with Crippen LogP contribution in [0.15, 0.2) is 41.5 Å². The lowest BCUT2D eigenvalue weighted by Crippen LogP contribution is -2.37. The number of aromatic nitrogens is 4.